The molecule has 1 saturated heterocycles. The molecule has 19 heavy (non-hydrogen) atoms. The first kappa shape index (κ1) is 14.5. The number of carbonyl (C=O) groups is 2. The summed E-state index contributed by atoms with van der Waals surface area (Å²) in [5.41, 5.74) is 0. The largest absolute Gasteiger partial charge is 0.343 e. The van der Waals surface area contributed by atoms with Crippen LogP contribution in [0.1, 0.15) is 31.6 Å². The van der Waals surface area contributed by atoms with Gasteiger partial charge in [-0.1, -0.05) is 13.3 Å². The number of hydrogen-bond donors (Lipinski definition) is 1. The maximum atomic E-state index is 12.4. The number of piperazine rings is 1. The number of amides is 2. The Hall–Kier alpha value is -0.880. The molecule has 2 rings (SSSR count). The first-order chi connectivity index (χ1) is 9.02. The van der Waals surface area contributed by atoms with Gasteiger partial charge in [-0.15, -0.1) is 11.3 Å². The van der Waals surface area contributed by atoms with Crippen molar-refractivity contribution in [1.82, 2.24) is 10.2 Å². The zero-order valence-electron chi connectivity index (χ0n) is 11.0. The highest BCUT2D eigenvalue weighted by atomic mass is 79.9. The molecule has 1 aliphatic rings. The van der Waals surface area contributed by atoms with Gasteiger partial charge >= 0.3 is 0 Å². The minimum absolute atomic E-state index is 0.0264. The molecule has 0 spiro atoms. The lowest BCUT2D eigenvalue weighted by Gasteiger charge is -2.37. The predicted octanol–water partition coefficient (Wildman–Crippen LogP) is 2.53. The van der Waals surface area contributed by atoms with E-state index in [9.17, 15) is 9.59 Å². The van der Waals surface area contributed by atoms with Gasteiger partial charge in [-0.25, -0.2) is 0 Å². The smallest absolute Gasteiger partial charge is 0.246 e. The third-order valence-corrected chi connectivity index (χ3v) is 4.89. The molecule has 0 aliphatic carbocycles. The second-order valence-corrected chi connectivity index (χ2v) is 7.25. The molecule has 2 unspecified atom stereocenters. The molecule has 2 heterocycles. The van der Waals surface area contributed by atoms with Crippen molar-refractivity contribution in [3.8, 4) is 0 Å². The summed E-state index contributed by atoms with van der Waals surface area (Å²) in [5.74, 6) is -0.0351. The summed E-state index contributed by atoms with van der Waals surface area (Å²) < 4.78 is 1.04. The van der Waals surface area contributed by atoms with Crippen LogP contribution in [-0.2, 0) is 16.1 Å². The second-order valence-electron chi connectivity index (χ2n) is 4.70. The van der Waals surface area contributed by atoms with Crippen LogP contribution in [0.4, 0.5) is 0 Å². The van der Waals surface area contributed by atoms with Gasteiger partial charge in [0.2, 0.25) is 11.8 Å². The van der Waals surface area contributed by atoms with Gasteiger partial charge in [0, 0.05) is 4.88 Å². The number of thiophene rings is 1. The highest BCUT2D eigenvalue weighted by Gasteiger charge is 2.37. The quantitative estimate of drug-likeness (QED) is 0.912. The molecule has 1 aromatic heterocycles. The van der Waals surface area contributed by atoms with E-state index in [1.54, 1.807) is 23.2 Å². The molecule has 0 radical (unpaired) electrons. The lowest BCUT2D eigenvalue weighted by molar-refractivity contribution is -0.149. The summed E-state index contributed by atoms with van der Waals surface area (Å²) in [6.07, 6.45) is 1.57. The van der Waals surface area contributed by atoms with E-state index in [0.29, 0.717) is 13.0 Å². The summed E-state index contributed by atoms with van der Waals surface area (Å²) in [5, 5.41) is 2.80. The minimum Gasteiger partial charge on any atom is -0.343 e. The number of nitrogens with one attached hydrogen (secondary N) is 1. The number of nitrogens with zero attached hydrogens (tertiary/aromatic N) is 1. The van der Waals surface area contributed by atoms with Gasteiger partial charge in [0.25, 0.3) is 0 Å². The van der Waals surface area contributed by atoms with Gasteiger partial charge in [-0.2, -0.15) is 0 Å². The average Bonchev–Trinajstić information content (AvgIpc) is 2.77. The molecule has 1 N–H and O–H groups in total. The van der Waals surface area contributed by atoms with Crippen LogP contribution in [0.3, 0.4) is 0 Å². The van der Waals surface area contributed by atoms with Crippen molar-refractivity contribution in [3.05, 3.63) is 20.8 Å². The zero-order valence-corrected chi connectivity index (χ0v) is 13.4. The summed E-state index contributed by atoms with van der Waals surface area (Å²) in [4.78, 5) is 27.1. The molecule has 4 nitrogen and oxygen atoms in total. The third-order valence-electron chi connectivity index (χ3n) is 3.28. The third kappa shape index (κ3) is 3.17. The molecule has 1 aliphatic heterocycles. The summed E-state index contributed by atoms with van der Waals surface area (Å²) >= 11 is 5.00. The van der Waals surface area contributed by atoms with Crippen LogP contribution in [-0.4, -0.2) is 28.8 Å². The van der Waals surface area contributed by atoms with Gasteiger partial charge in [0.05, 0.1) is 10.3 Å². The van der Waals surface area contributed by atoms with E-state index in [0.717, 1.165) is 15.1 Å². The first-order valence-electron chi connectivity index (χ1n) is 6.38. The van der Waals surface area contributed by atoms with Crippen LogP contribution in [0.15, 0.2) is 15.9 Å². The molecule has 0 bridgehead atoms. The number of hydrogen-bond acceptors (Lipinski definition) is 3. The van der Waals surface area contributed by atoms with Crippen LogP contribution < -0.4 is 5.32 Å². The number of rotatable bonds is 4. The van der Waals surface area contributed by atoms with E-state index in [1.807, 2.05) is 19.1 Å². The summed E-state index contributed by atoms with van der Waals surface area (Å²) in [6.45, 7) is 4.29. The van der Waals surface area contributed by atoms with Crippen molar-refractivity contribution >= 4 is 39.1 Å². The van der Waals surface area contributed by atoms with Gasteiger partial charge in [0.1, 0.15) is 12.1 Å². The van der Waals surface area contributed by atoms with E-state index in [4.69, 9.17) is 0 Å². The molecule has 0 saturated carbocycles. The average molecular weight is 345 g/mol. The van der Waals surface area contributed by atoms with Crippen LogP contribution in [0.5, 0.6) is 0 Å². The highest BCUT2D eigenvalue weighted by molar-refractivity contribution is 9.11. The Balaban J connectivity index is 2.15. The molecule has 2 amide bonds. The molecule has 104 valence electrons. The van der Waals surface area contributed by atoms with E-state index in [-0.39, 0.29) is 17.9 Å². The van der Waals surface area contributed by atoms with E-state index >= 15 is 0 Å². The van der Waals surface area contributed by atoms with E-state index in [2.05, 4.69) is 21.2 Å². The monoisotopic (exact) mass is 344 g/mol. The van der Waals surface area contributed by atoms with E-state index < -0.39 is 6.04 Å². The summed E-state index contributed by atoms with van der Waals surface area (Å²) in [7, 11) is 0. The van der Waals surface area contributed by atoms with Gasteiger partial charge in [0.15, 0.2) is 0 Å². The van der Waals surface area contributed by atoms with Crippen molar-refractivity contribution in [3.63, 3.8) is 0 Å². The summed E-state index contributed by atoms with van der Waals surface area (Å²) in [6, 6.07) is 3.18. The Bertz CT molecular complexity index is 489. The lowest BCUT2D eigenvalue weighted by Crippen LogP contribution is -2.61. The van der Waals surface area contributed by atoms with Crippen LogP contribution in [0.25, 0.3) is 0 Å². The number of carbonyl (C=O) groups excluding carboxylic acids is 2. The fourth-order valence-electron chi connectivity index (χ4n) is 2.19. The molecule has 6 heteroatoms. The van der Waals surface area contributed by atoms with Gasteiger partial charge < -0.3 is 10.2 Å². The van der Waals surface area contributed by atoms with Crippen molar-refractivity contribution in [1.29, 1.82) is 0 Å². The predicted molar refractivity (Wildman–Crippen MR) is 78.9 cm³/mol. The molecule has 2 atom stereocenters. The van der Waals surface area contributed by atoms with Gasteiger partial charge in [-0.3, -0.25) is 9.59 Å². The van der Waals surface area contributed by atoms with Crippen LogP contribution in [0.2, 0.25) is 0 Å². The van der Waals surface area contributed by atoms with Crippen molar-refractivity contribution in [2.24, 2.45) is 0 Å². The standard InChI is InChI=1S/C13H17BrN2O2S/c1-3-4-10-13(18)16(8(2)12(17)15-10)7-9-5-6-11(14)19-9/h5-6,8,10H,3-4,7H2,1-2H3,(H,15,17). The topological polar surface area (TPSA) is 49.4 Å². The Labute approximate surface area is 125 Å². The molecular formula is C13H17BrN2O2S. The van der Waals surface area contributed by atoms with E-state index in [1.165, 1.54) is 0 Å². The maximum absolute atomic E-state index is 12.4. The molecule has 1 fully saturated rings. The minimum atomic E-state index is -0.401. The SMILES string of the molecule is CCCC1NC(=O)C(C)N(Cc2ccc(Br)s2)C1=O. The second kappa shape index (κ2) is 6.05. The lowest BCUT2D eigenvalue weighted by atomic mass is 10.0. The molecule has 0 aromatic carbocycles. The molecular weight excluding hydrogens is 328 g/mol. The Kier molecular flexibility index (Phi) is 4.62. The Morgan fingerprint density at radius 2 is 2.16 bits per heavy atom. The zero-order chi connectivity index (χ0) is 14.0. The maximum Gasteiger partial charge on any atom is 0.246 e. The van der Waals surface area contributed by atoms with Crippen molar-refractivity contribution in [2.45, 2.75) is 45.3 Å². The Morgan fingerprint density at radius 1 is 1.42 bits per heavy atom. The fraction of sp³-hybridized carbons (Fsp3) is 0.538. The first-order valence-corrected chi connectivity index (χ1v) is 7.99. The Morgan fingerprint density at radius 3 is 2.74 bits per heavy atom. The van der Waals surface area contributed by atoms with Crippen molar-refractivity contribution < 1.29 is 9.59 Å². The normalized spacial score (nSPS) is 23.6. The number of halogens is 1. The molecule has 1 aromatic rings. The highest BCUT2D eigenvalue weighted by Crippen LogP contribution is 2.25. The van der Waals surface area contributed by atoms with Crippen LogP contribution in [0, 0.1) is 0 Å². The van der Waals surface area contributed by atoms with Gasteiger partial charge in [-0.05, 0) is 41.4 Å². The van der Waals surface area contributed by atoms with Crippen molar-refractivity contribution in [2.75, 3.05) is 0 Å². The van der Waals surface area contributed by atoms with Crippen LogP contribution >= 0.6 is 27.3 Å². The fourth-order valence-corrected chi connectivity index (χ4v) is 3.67.